The highest BCUT2D eigenvalue weighted by molar-refractivity contribution is 9.10. The molecule has 0 spiro atoms. The molecule has 2 heterocycles. The van der Waals surface area contributed by atoms with Crippen molar-refractivity contribution in [2.24, 2.45) is 7.05 Å². The van der Waals surface area contributed by atoms with E-state index in [1.807, 2.05) is 0 Å². The van der Waals surface area contributed by atoms with Crippen molar-refractivity contribution < 1.29 is 0 Å². The average Bonchev–Trinajstić information content (AvgIpc) is 2.16. The zero-order valence-electron chi connectivity index (χ0n) is 7.24. The number of pyridine rings is 1. The largest absolute Gasteiger partial charge is 0.316 e. The third-order valence-electron chi connectivity index (χ3n) is 1.93. The first kappa shape index (κ1) is 9.14. The molecule has 0 saturated carbocycles. The first-order valence-electron chi connectivity index (χ1n) is 3.84. The SMILES string of the molecule is Cn1c(=O)c(=O)[nH]c2ncc(Br)cc21. The second-order valence-corrected chi connectivity index (χ2v) is 3.76. The summed E-state index contributed by atoms with van der Waals surface area (Å²) < 4.78 is 2.03. The highest BCUT2D eigenvalue weighted by atomic mass is 79.9. The molecule has 2 aromatic rings. The van der Waals surface area contributed by atoms with Crippen LogP contribution in [0, 0.1) is 0 Å². The number of hydrogen-bond donors (Lipinski definition) is 1. The number of fused-ring (bicyclic) bond motifs is 1. The molecule has 6 heteroatoms. The van der Waals surface area contributed by atoms with Gasteiger partial charge in [0.15, 0.2) is 5.65 Å². The van der Waals surface area contributed by atoms with Crippen molar-refractivity contribution in [1.82, 2.24) is 14.5 Å². The van der Waals surface area contributed by atoms with Crippen molar-refractivity contribution in [3.05, 3.63) is 37.4 Å². The van der Waals surface area contributed by atoms with Crippen LogP contribution in [-0.4, -0.2) is 14.5 Å². The molecule has 72 valence electrons. The fraction of sp³-hybridized carbons (Fsp3) is 0.125. The van der Waals surface area contributed by atoms with Gasteiger partial charge < -0.3 is 9.55 Å². The van der Waals surface area contributed by atoms with Gasteiger partial charge in [-0.05, 0) is 22.0 Å². The highest BCUT2D eigenvalue weighted by Crippen LogP contribution is 2.12. The Morgan fingerprint density at radius 1 is 1.50 bits per heavy atom. The Labute approximate surface area is 86.5 Å². The summed E-state index contributed by atoms with van der Waals surface area (Å²) >= 11 is 3.24. The van der Waals surface area contributed by atoms with Crippen LogP contribution >= 0.6 is 15.9 Å². The molecular weight excluding hydrogens is 250 g/mol. The van der Waals surface area contributed by atoms with Crippen LogP contribution in [0.2, 0.25) is 0 Å². The maximum Gasteiger partial charge on any atom is 0.316 e. The van der Waals surface area contributed by atoms with E-state index in [0.29, 0.717) is 11.2 Å². The lowest BCUT2D eigenvalue weighted by Gasteiger charge is -2.02. The number of hydrogen-bond acceptors (Lipinski definition) is 3. The number of aromatic nitrogens is 3. The van der Waals surface area contributed by atoms with E-state index in [9.17, 15) is 9.59 Å². The molecule has 0 fully saturated rings. The smallest absolute Gasteiger partial charge is 0.304 e. The molecular formula is C8H6BrN3O2. The second-order valence-electron chi connectivity index (χ2n) is 2.84. The fourth-order valence-corrected chi connectivity index (χ4v) is 1.52. The van der Waals surface area contributed by atoms with Gasteiger partial charge in [-0.15, -0.1) is 0 Å². The van der Waals surface area contributed by atoms with Crippen molar-refractivity contribution in [3.8, 4) is 0 Å². The van der Waals surface area contributed by atoms with E-state index in [2.05, 4.69) is 25.9 Å². The van der Waals surface area contributed by atoms with Crippen molar-refractivity contribution in [2.45, 2.75) is 0 Å². The van der Waals surface area contributed by atoms with Crippen LogP contribution in [0.25, 0.3) is 11.2 Å². The summed E-state index contributed by atoms with van der Waals surface area (Å²) in [7, 11) is 1.54. The van der Waals surface area contributed by atoms with Crippen LogP contribution in [0.4, 0.5) is 0 Å². The van der Waals surface area contributed by atoms with Gasteiger partial charge in [0.25, 0.3) is 0 Å². The maximum atomic E-state index is 11.3. The Bertz CT molecular complexity index is 614. The van der Waals surface area contributed by atoms with Crippen LogP contribution in [0.3, 0.4) is 0 Å². The molecule has 14 heavy (non-hydrogen) atoms. The van der Waals surface area contributed by atoms with Crippen LogP contribution in [-0.2, 0) is 7.05 Å². The number of nitrogens with one attached hydrogen (secondary N) is 1. The summed E-state index contributed by atoms with van der Waals surface area (Å²) in [5, 5.41) is 0. The van der Waals surface area contributed by atoms with Gasteiger partial charge in [-0.1, -0.05) is 0 Å². The molecule has 0 aromatic carbocycles. The van der Waals surface area contributed by atoms with Gasteiger partial charge in [-0.2, -0.15) is 0 Å². The molecule has 2 rings (SSSR count). The molecule has 1 N–H and O–H groups in total. The number of rotatable bonds is 0. The predicted octanol–water partition coefficient (Wildman–Crippen LogP) is 0.384. The molecule has 0 aliphatic heterocycles. The molecule has 0 amide bonds. The molecule has 0 saturated heterocycles. The summed E-state index contributed by atoms with van der Waals surface area (Å²) in [6.45, 7) is 0. The second kappa shape index (κ2) is 3.06. The van der Waals surface area contributed by atoms with Crippen molar-refractivity contribution >= 4 is 27.1 Å². The lowest BCUT2D eigenvalue weighted by atomic mass is 10.4. The van der Waals surface area contributed by atoms with E-state index >= 15 is 0 Å². The molecule has 0 bridgehead atoms. The van der Waals surface area contributed by atoms with E-state index < -0.39 is 11.1 Å². The van der Waals surface area contributed by atoms with Crippen molar-refractivity contribution in [1.29, 1.82) is 0 Å². The molecule has 2 aromatic heterocycles. The summed E-state index contributed by atoms with van der Waals surface area (Å²) in [6, 6.07) is 1.72. The first-order valence-corrected chi connectivity index (χ1v) is 4.63. The minimum atomic E-state index is -0.658. The van der Waals surface area contributed by atoms with Gasteiger partial charge >= 0.3 is 11.1 Å². The molecule has 5 nitrogen and oxygen atoms in total. The molecule has 0 aliphatic carbocycles. The third-order valence-corrected chi connectivity index (χ3v) is 2.36. The molecule has 0 aliphatic rings. The van der Waals surface area contributed by atoms with Crippen molar-refractivity contribution in [2.75, 3.05) is 0 Å². The van der Waals surface area contributed by atoms with Gasteiger partial charge in [-0.25, -0.2) is 4.98 Å². The standard InChI is InChI=1S/C8H6BrN3O2/c1-12-5-2-4(9)3-10-6(5)11-7(13)8(12)14/h2-3H,1H3,(H,10,11,13). The van der Waals surface area contributed by atoms with Crippen LogP contribution in [0.1, 0.15) is 0 Å². The van der Waals surface area contributed by atoms with Gasteiger partial charge in [0.1, 0.15) is 0 Å². The first-order chi connectivity index (χ1) is 6.59. The highest BCUT2D eigenvalue weighted by Gasteiger charge is 2.04. The van der Waals surface area contributed by atoms with E-state index in [1.54, 1.807) is 12.3 Å². The summed E-state index contributed by atoms with van der Waals surface area (Å²) in [5.41, 5.74) is -0.253. The summed E-state index contributed by atoms with van der Waals surface area (Å²) in [5.74, 6) is 0. The third kappa shape index (κ3) is 1.27. The summed E-state index contributed by atoms with van der Waals surface area (Å²) in [4.78, 5) is 28.8. The zero-order valence-corrected chi connectivity index (χ0v) is 8.83. The Balaban J connectivity index is 3.07. The Hall–Kier alpha value is -1.43. The average molecular weight is 256 g/mol. The number of H-pyrrole nitrogens is 1. The monoisotopic (exact) mass is 255 g/mol. The lowest BCUT2D eigenvalue weighted by Crippen LogP contribution is -2.35. The minimum Gasteiger partial charge on any atom is -0.304 e. The predicted molar refractivity (Wildman–Crippen MR) is 55.3 cm³/mol. The van der Waals surface area contributed by atoms with Crippen LogP contribution in [0.15, 0.2) is 26.3 Å². The zero-order chi connectivity index (χ0) is 10.3. The molecule has 0 atom stereocenters. The van der Waals surface area contributed by atoms with Gasteiger partial charge in [0, 0.05) is 17.7 Å². The molecule has 0 radical (unpaired) electrons. The Morgan fingerprint density at radius 3 is 2.93 bits per heavy atom. The van der Waals surface area contributed by atoms with E-state index in [-0.39, 0.29) is 0 Å². The van der Waals surface area contributed by atoms with Crippen molar-refractivity contribution in [3.63, 3.8) is 0 Å². The number of aryl methyl sites for hydroxylation is 1. The quantitative estimate of drug-likeness (QED) is 0.693. The van der Waals surface area contributed by atoms with Gasteiger partial charge in [0.05, 0.1) is 5.52 Å². The maximum absolute atomic E-state index is 11.3. The topological polar surface area (TPSA) is 67.8 Å². The number of nitrogens with zero attached hydrogens (tertiary/aromatic N) is 2. The lowest BCUT2D eigenvalue weighted by molar-refractivity contribution is 0.868. The molecule has 0 unspecified atom stereocenters. The Kier molecular flexibility index (Phi) is 1.99. The minimum absolute atomic E-state index is 0.403. The Morgan fingerprint density at radius 2 is 2.21 bits per heavy atom. The summed E-state index contributed by atoms with van der Waals surface area (Å²) in [6.07, 6.45) is 1.56. The normalized spacial score (nSPS) is 10.7. The van der Waals surface area contributed by atoms with E-state index in [4.69, 9.17) is 0 Å². The number of halogens is 1. The van der Waals surface area contributed by atoms with E-state index in [1.165, 1.54) is 11.6 Å². The van der Waals surface area contributed by atoms with Crippen LogP contribution in [0.5, 0.6) is 0 Å². The van der Waals surface area contributed by atoms with Crippen LogP contribution < -0.4 is 11.1 Å². The fourth-order valence-electron chi connectivity index (χ4n) is 1.20. The van der Waals surface area contributed by atoms with E-state index in [0.717, 1.165) is 4.47 Å². The van der Waals surface area contributed by atoms with Gasteiger partial charge in [0.2, 0.25) is 0 Å². The van der Waals surface area contributed by atoms with Gasteiger partial charge in [-0.3, -0.25) is 9.59 Å². The number of aromatic amines is 1.